The Morgan fingerprint density at radius 1 is 0.944 bits per heavy atom. The number of rotatable bonds is 13. The van der Waals surface area contributed by atoms with Crippen LogP contribution < -0.4 is 24.9 Å². The molecule has 4 atom stereocenters. The Hall–Kier alpha value is -5.30. The van der Waals surface area contributed by atoms with E-state index in [-0.39, 0.29) is 36.0 Å². The predicted octanol–water partition coefficient (Wildman–Crippen LogP) is 5.94. The number of benzene rings is 4. The summed E-state index contributed by atoms with van der Waals surface area (Å²) in [5.74, 6) is 1.07. The Balaban J connectivity index is 1.17. The number of aliphatic hydroxyl groups is 1. The van der Waals surface area contributed by atoms with Gasteiger partial charge in [0.15, 0.2) is 5.60 Å². The van der Waals surface area contributed by atoms with Crippen molar-refractivity contribution in [2.24, 2.45) is 5.92 Å². The molecule has 0 saturated carbocycles. The Kier molecular flexibility index (Phi) is 10.4. The maximum atomic E-state index is 15.1. The quantitative estimate of drug-likeness (QED) is 0.142. The van der Waals surface area contributed by atoms with Crippen LogP contribution in [0.1, 0.15) is 40.5 Å². The van der Waals surface area contributed by atoms with Gasteiger partial charge in [-0.15, -0.1) is 5.10 Å². The van der Waals surface area contributed by atoms with E-state index in [2.05, 4.69) is 47.8 Å². The summed E-state index contributed by atoms with van der Waals surface area (Å²) >= 11 is 0. The Labute approximate surface area is 316 Å². The molecule has 54 heavy (non-hydrogen) atoms. The number of para-hydroxylation sites is 1. The second kappa shape index (κ2) is 15.2. The number of carbonyl (C=O) groups is 2. The molecular weight excluding hydrogens is 699 g/mol. The molecule has 5 aromatic rings. The van der Waals surface area contributed by atoms with Crippen molar-refractivity contribution in [1.82, 2.24) is 15.0 Å². The van der Waals surface area contributed by atoms with Crippen LogP contribution >= 0.6 is 0 Å². The van der Waals surface area contributed by atoms with E-state index in [1.54, 1.807) is 38.5 Å². The number of amides is 2. The van der Waals surface area contributed by atoms with Gasteiger partial charge in [-0.05, 0) is 72.1 Å². The van der Waals surface area contributed by atoms with Crippen LogP contribution in [0.2, 0.25) is 18.6 Å². The molecule has 7 rings (SSSR count). The average molecular weight is 746 g/mol. The van der Waals surface area contributed by atoms with Gasteiger partial charge in [0.1, 0.15) is 11.5 Å². The van der Waals surface area contributed by atoms with Gasteiger partial charge in [0.2, 0.25) is 0 Å². The standard InChI is InChI=1S/C42H47N5O6Si/c1-28-39(54(4,5)35-20-18-34(52-3)19-21-35)38(22-24-46-27-32(23-25-48)44-45-46)53-42(28)36-8-6-7-9-37(36)47(41(42)50)26-29-10-14-31(15-11-29)43-40(49)30-12-16-33(51-2)17-13-30/h6-21,27-28,38-39,48H,22-26H2,1-5H3,(H,43,49)/t28-,38+,39-,42+/m1/s1. The van der Waals surface area contributed by atoms with Crippen molar-refractivity contribution in [3.05, 3.63) is 126 Å². The molecule has 1 spiro atoms. The van der Waals surface area contributed by atoms with Gasteiger partial charge < -0.3 is 29.5 Å². The molecule has 0 radical (unpaired) electrons. The van der Waals surface area contributed by atoms with Crippen LogP contribution in [-0.4, -0.2) is 66.9 Å². The highest BCUT2D eigenvalue weighted by Crippen LogP contribution is 2.60. The monoisotopic (exact) mass is 745 g/mol. The van der Waals surface area contributed by atoms with Gasteiger partial charge in [-0.1, -0.05) is 72.9 Å². The fourth-order valence-electron chi connectivity index (χ4n) is 8.45. The van der Waals surface area contributed by atoms with Crippen LogP contribution in [0, 0.1) is 5.92 Å². The maximum absolute atomic E-state index is 15.1. The third-order valence-corrected chi connectivity index (χ3v) is 15.6. The van der Waals surface area contributed by atoms with Crippen molar-refractivity contribution >= 4 is 36.4 Å². The number of nitrogens with zero attached hydrogens (tertiary/aromatic N) is 4. The van der Waals surface area contributed by atoms with Crippen LogP contribution in [-0.2, 0) is 34.6 Å². The molecule has 1 fully saturated rings. The summed E-state index contributed by atoms with van der Waals surface area (Å²) in [6, 6.07) is 30.9. The van der Waals surface area contributed by atoms with Gasteiger partial charge in [0.05, 0.1) is 46.3 Å². The molecule has 2 aliphatic heterocycles. The summed E-state index contributed by atoms with van der Waals surface area (Å²) in [6.45, 7) is 7.86. The lowest BCUT2D eigenvalue weighted by Crippen LogP contribution is -2.51. The van der Waals surface area contributed by atoms with Gasteiger partial charge in [-0.2, -0.15) is 0 Å². The molecule has 0 bridgehead atoms. The number of hydrogen-bond acceptors (Lipinski definition) is 8. The number of aryl methyl sites for hydroxylation is 1. The van der Waals surface area contributed by atoms with E-state index in [4.69, 9.17) is 14.2 Å². The van der Waals surface area contributed by atoms with Crippen molar-refractivity contribution in [3.63, 3.8) is 0 Å². The summed E-state index contributed by atoms with van der Waals surface area (Å²) in [4.78, 5) is 29.8. The van der Waals surface area contributed by atoms with E-state index >= 15 is 4.79 Å². The molecule has 4 aromatic carbocycles. The van der Waals surface area contributed by atoms with Crippen molar-refractivity contribution in [2.75, 3.05) is 31.0 Å². The minimum atomic E-state index is -2.31. The van der Waals surface area contributed by atoms with Crippen molar-refractivity contribution in [3.8, 4) is 11.5 Å². The number of anilines is 2. The third kappa shape index (κ3) is 6.81. The zero-order chi connectivity index (χ0) is 38.0. The lowest BCUT2D eigenvalue weighted by molar-refractivity contribution is -0.146. The highest BCUT2D eigenvalue weighted by Gasteiger charge is 2.66. The first kappa shape index (κ1) is 37.0. The van der Waals surface area contributed by atoms with Crippen molar-refractivity contribution in [1.29, 1.82) is 0 Å². The summed E-state index contributed by atoms with van der Waals surface area (Å²) < 4.78 is 19.7. The van der Waals surface area contributed by atoms with Crippen LogP contribution in [0.15, 0.2) is 103 Å². The second-order valence-electron chi connectivity index (χ2n) is 14.7. The van der Waals surface area contributed by atoms with E-state index in [1.165, 1.54) is 5.19 Å². The maximum Gasteiger partial charge on any atom is 0.264 e. The van der Waals surface area contributed by atoms with E-state index < -0.39 is 13.7 Å². The fourth-order valence-corrected chi connectivity index (χ4v) is 12.5. The van der Waals surface area contributed by atoms with Crippen molar-refractivity contribution < 1.29 is 28.9 Å². The van der Waals surface area contributed by atoms with Gasteiger partial charge in [0.25, 0.3) is 11.8 Å². The lowest BCUT2D eigenvalue weighted by atomic mass is 9.82. The van der Waals surface area contributed by atoms with E-state index in [0.29, 0.717) is 42.9 Å². The molecule has 12 heteroatoms. The number of hydrogen-bond donors (Lipinski definition) is 2. The minimum Gasteiger partial charge on any atom is -0.497 e. The molecule has 3 heterocycles. The summed E-state index contributed by atoms with van der Waals surface area (Å²) in [5.41, 5.74) is 3.50. The molecule has 1 saturated heterocycles. The first-order valence-electron chi connectivity index (χ1n) is 18.4. The summed E-state index contributed by atoms with van der Waals surface area (Å²) in [5, 5.41) is 22.2. The average Bonchev–Trinajstić information content (AvgIpc) is 3.84. The number of ether oxygens (including phenoxy) is 3. The molecular formula is C42H47N5O6Si. The topological polar surface area (TPSA) is 128 Å². The largest absolute Gasteiger partial charge is 0.497 e. The van der Waals surface area contributed by atoms with Gasteiger partial charge in [-0.3, -0.25) is 14.3 Å². The Morgan fingerprint density at radius 3 is 2.28 bits per heavy atom. The lowest BCUT2D eigenvalue weighted by Gasteiger charge is -2.37. The minimum absolute atomic E-state index is 0.0114. The molecule has 280 valence electrons. The predicted molar refractivity (Wildman–Crippen MR) is 210 cm³/mol. The molecule has 2 N–H and O–H groups in total. The molecule has 0 unspecified atom stereocenters. The van der Waals surface area contributed by atoms with Crippen LogP contribution in [0.4, 0.5) is 11.4 Å². The SMILES string of the molecule is COc1ccc(C(=O)Nc2ccc(CN3C(=O)[C@@]4(O[C@@H](CCn5cc(CCO)nn5)[C@H]([Si](C)(C)c5ccc(OC)cc5)[C@H]4C)c4ccccc43)cc2)cc1. The van der Waals surface area contributed by atoms with E-state index in [1.807, 2.05) is 76.4 Å². The number of aromatic nitrogens is 3. The van der Waals surface area contributed by atoms with Crippen LogP contribution in [0.25, 0.3) is 0 Å². The third-order valence-electron chi connectivity index (χ3n) is 11.2. The zero-order valence-electron chi connectivity index (χ0n) is 31.4. The number of methoxy groups -OCH3 is 2. The molecule has 2 aliphatic rings. The number of carbonyl (C=O) groups excluding carboxylic acids is 2. The number of fused-ring (bicyclic) bond motifs is 2. The first-order valence-corrected chi connectivity index (χ1v) is 21.4. The molecule has 1 aromatic heterocycles. The summed E-state index contributed by atoms with van der Waals surface area (Å²) in [6.07, 6.45) is 2.73. The fraction of sp³-hybridized carbons (Fsp3) is 0.333. The van der Waals surface area contributed by atoms with Gasteiger partial charge in [-0.25, -0.2) is 0 Å². The zero-order valence-corrected chi connectivity index (χ0v) is 32.4. The molecule has 0 aliphatic carbocycles. The van der Waals surface area contributed by atoms with Crippen LogP contribution in [0.5, 0.6) is 11.5 Å². The number of nitrogens with one attached hydrogen (secondary N) is 1. The molecule has 2 amide bonds. The van der Waals surface area contributed by atoms with Crippen molar-refractivity contribution in [2.45, 2.75) is 63.2 Å². The Bertz CT molecular complexity index is 2100. The second-order valence-corrected chi connectivity index (χ2v) is 19.4. The highest BCUT2D eigenvalue weighted by atomic mass is 28.3. The highest BCUT2D eigenvalue weighted by molar-refractivity contribution is 6.91. The summed E-state index contributed by atoms with van der Waals surface area (Å²) in [7, 11) is 0.946. The van der Waals surface area contributed by atoms with Crippen LogP contribution in [0.3, 0.4) is 0 Å². The van der Waals surface area contributed by atoms with Gasteiger partial charge >= 0.3 is 0 Å². The number of aliphatic hydroxyl groups excluding tert-OH is 1. The molecule has 11 nitrogen and oxygen atoms in total. The smallest absolute Gasteiger partial charge is 0.264 e. The van der Waals surface area contributed by atoms with Gasteiger partial charge in [0, 0.05) is 48.5 Å². The Morgan fingerprint density at radius 2 is 1.61 bits per heavy atom. The normalized spacial score (nSPS) is 20.7. The van der Waals surface area contributed by atoms with E-state index in [9.17, 15) is 9.90 Å². The first-order chi connectivity index (χ1) is 26.1. The van der Waals surface area contributed by atoms with E-state index in [0.717, 1.165) is 28.3 Å².